The van der Waals surface area contributed by atoms with E-state index < -0.39 is 0 Å². The highest BCUT2D eigenvalue weighted by molar-refractivity contribution is 6.17. The fraction of sp³-hybridized carbons (Fsp3) is 0.294. The quantitative estimate of drug-likeness (QED) is 0.681. The summed E-state index contributed by atoms with van der Waals surface area (Å²) in [6.45, 7) is 6.28. The topological polar surface area (TPSA) is 30.7 Å². The molecule has 2 heterocycles. The average Bonchev–Trinajstić information content (AvgIpc) is 2.79. The number of imidazole rings is 1. The van der Waals surface area contributed by atoms with Crippen LogP contribution >= 0.6 is 11.6 Å². The number of alkyl halides is 1. The number of aryl methyl sites for hydroxylation is 4. The third-order valence-electron chi connectivity index (χ3n) is 3.73. The Balaban J connectivity index is 2.33. The Hall–Kier alpha value is -1.87. The molecular weight excluding hydrogens is 282 g/mol. The monoisotopic (exact) mass is 299 g/mol. The van der Waals surface area contributed by atoms with Crippen molar-refractivity contribution in [2.24, 2.45) is 0 Å². The van der Waals surface area contributed by atoms with Crippen LogP contribution in [0.3, 0.4) is 0 Å². The lowest BCUT2D eigenvalue weighted by Gasteiger charge is -2.11. The van der Waals surface area contributed by atoms with E-state index in [1.54, 1.807) is 0 Å². The van der Waals surface area contributed by atoms with Crippen LogP contribution in [-0.2, 0) is 6.42 Å². The lowest BCUT2D eigenvalue weighted by atomic mass is 10.1. The fourth-order valence-corrected chi connectivity index (χ4v) is 2.87. The predicted molar refractivity (Wildman–Crippen MR) is 87.5 cm³/mol. The van der Waals surface area contributed by atoms with Gasteiger partial charge in [0.2, 0.25) is 0 Å². The summed E-state index contributed by atoms with van der Waals surface area (Å²) in [5.41, 5.74) is 6.59. The predicted octanol–water partition coefficient (Wildman–Crippen LogP) is 4.13. The van der Waals surface area contributed by atoms with Gasteiger partial charge in [0.05, 0.1) is 5.69 Å². The standard InChI is InChI=1S/C17H18ClN3/c1-11-4-5-14(13(3)10-11)21-15(6-8-18)20-16-12(2)7-9-19-17(16)21/h4-5,7,9-10H,6,8H2,1-3H3. The maximum atomic E-state index is 5.95. The van der Waals surface area contributed by atoms with Gasteiger partial charge in [-0.05, 0) is 44.0 Å². The van der Waals surface area contributed by atoms with Gasteiger partial charge in [0.1, 0.15) is 11.3 Å². The molecule has 4 heteroatoms. The van der Waals surface area contributed by atoms with Gasteiger partial charge in [-0.2, -0.15) is 0 Å². The van der Waals surface area contributed by atoms with Gasteiger partial charge in [0.25, 0.3) is 0 Å². The largest absolute Gasteiger partial charge is 0.280 e. The van der Waals surface area contributed by atoms with Gasteiger partial charge in [0.15, 0.2) is 5.65 Å². The number of fused-ring (bicyclic) bond motifs is 1. The number of halogens is 1. The number of aromatic nitrogens is 3. The van der Waals surface area contributed by atoms with Crippen molar-refractivity contribution in [2.45, 2.75) is 27.2 Å². The zero-order chi connectivity index (χ0) is 15.0. The molecule has 0 saturated heterocycles. The van der Waals surface area contributed by atoms with E-state index in [1.807, 2.05) is 12.3 Å². The van der Waals surface area contributed by atoms with Crippen LogP contribution in [-0.4, -0.2) is 20.4 Å². The number of hydrogen-bond acceptors (Lipinski definition) is 2. The Bertz CT molecular complexity index is 805. The van der Waals surface area contributed by atoms with Crippen molar-refractivity contribution in [1.29, 1.82) is 0 Å². The molecule has 1 aromatic carbocycles. The van der Waals surface area contributed by atoms with Gasteiger partial charge < -0.3 is 0 Å². The summed E-state index contributed by atoms with van der Waals surface area (Å²) in [7, 11) is 0. The molecule has 3 rings (SSSR count). The van der Waals surface area contributed by atoms with E-state index in [4.69, 9.17) is 16.6 Å². The lowest BCUT2D eigenvalue weighted by molar-refractivity contribution is 0.899. The first-order valence-corrected chi connectivity index (χ1v) is 7.62. The molecule has 0 spiro atoms. The molecule has 2 aromatic heterocycles. The summed E-state index contributed by atoms with van der Waals surface area (Å²) in [5.74, 6) is 1.52. The molecule has 21 heavy (non-hydrogen) atoms. The first-order chi connectivity index (χ1) is 10.1. The Morgan fingerprint density at radius 2 is 1.90 bits per heavy atom. The summed E-state index contributed by atoms with van der Waals surface area (Å²) in [6.07, 6.45) is 2.56. The fourth-order valence-electron chi connectivity index (χ4n) is 2.70. The van der Waals surface area contributed by atoms with Crippen LogP contribution in [0.4, 0.5) is 0 Å². The van der Waals surface area contributed by atoms with Crippen molar-refractivity contribution in [1.82, 2.24) is 14.5 Å². The van der Waals surface area contributed by atoms with Gasteiger partial charge in [-0.3, -0.25) is 4.57 Å². The molecule has 0 aliphatic rings. The van der Waals surface area contributed by atoms with E-state index >= 15 is 0 Å². The van der Waals surface area contributed by atoms with Crippen LogP contribution in [0.15, 0.2) is 30.5 Å². The van der Waals surface area contributed by atoms with Crippen molar-refractivity contribution in [3.63, 3.8) is 0 Å². The molecule has 108 valence electrons. The molecule has 0 radical (unpaired) electrons. The van der Waals surface area contributed by atoms with E-state index in [-0.39, 0.29) is 0 Å². The molecule has 0 N–H and O–H groups in total. The highest BCUT2D eigenvalue weighted by atomic mass is 35.5. The zero-order valence-electron chi connectivity index (χ0n) is 12.5. The van der Waals surface area contributed by atoms with Crippen molar-refractivity contribution >= 4 is 22.8 Å². The molecule has 0 bridgehead atoms. The Morgan fingerprint density at radius 1 is 1.10 bits per heavy atom. The third kappa shape index (κ3) is 2.42. The molecule has 0 amide bonds. The minimum atomic E-state index is 0.549. The summed E-state index contributed by atoms with van der Waals surface area (Å²) >= 11 is 5.95. The Morgan fingerprint density at radius 3 is 2.62 bits per heavy atom. The van der Waals surface area contributed by atoms with Gasteiger partial charge >= 0.3 is 0 Å². The van der Waals surface area contributed by atoms with Crippen LogP contribution in [0, 0.1) is 20.8 Å². The number of nitrogens with zero attached hydrogens (tertiary/aromatic N) is 3. The SMILES string of the molecule is Cc1ccc(-n2c(CCCl)nc3c(C)ccnc32)c(C)c1. The average molecular weight is 300 g/mol. The maximum absolute atomic E-state index is 5.95. The van der Waals surface area contributed by atoms with E-state index in [1.165, 1.54) is 11.1 Å². The van der Waals surface area contributed by atoms with Crippen molar-refractivity contribution < 1.29 is 0 Å². The molecule has 3 nitrogen and oxygen atoms in total. The van der Waals surface area contributed by atoms with Crippen molar-refractivity contribution in [3.05, 3.63) is 53.0 Å². The Kier molecular flexibility index (Phi) is 3.68. The van der Waals surface area contributed by atoms with Crippen LogP contribution in [0.2, 0.25) is 0 Å². The minimum absolute atomic E-state index is 0.549. The summed E-state index contributed by atoms with van der Waals surface area (Å²) in [6, 6.07) is 8.43. The van der Waals surface area contributed by atoms with Crippen LogP contribution in [0.5, 0.6) is 0 Å². The third-order valence-corrected chi connectivity index (χ3v) is 3.92. The minimum Gasteiger partial charge on any atom is -0.280 e. The second kappa shape index (κ2) is 5.49. The zero-order valence-corrected chi connectivity index (χ0v) is 13.3. The number of hydrogen-bond donors (Lipinski definition) is 0. The lowest BCUT2D eigenvalue weighted by Crippen LogP contribution is -2.05. The number of pyridine rings is 1. The molecule has 0 saturated carbocycles. The first kappa shape index (κ1) is 14.1. The molecule has 0 aliphatic carbocycles. The molecule has 3 aromatic rings. The second-order valence-electron chi connectivity index (χ2n) is 5.39. The molecule has 0 unspecified atom stereocenters. The summed E-state index contributed by atoms with van der Waals surface area (Å²) in [4.78, 5) is 9.30. The number of rotatable bonds is 3. The van der Waals surface area contributed by atoms with Crippen LogP contribution < -0.4 is 0 Å². The highest BCUT2D eigenvalue weighted by Crippen LogP contribution is 2.25. The number of benzene rings is 1. The van der Waals surface area contributed by atoms with Crippen molar-refractivity contribution in [2.75, 3.05) is 5.88 Å². The normalized spacial score (nSPS) is 11.2. The molecule has 0 aliphatic heterocycles. The van der Waals surface area contributed by atoms with Gasteiger partial charge in [-0.1, -0.05) is 17.7 Å². The summed E-state index contributed by atoms with van der Waals surface area (Å²) in [5, 5.41) is 0. The van der Waals surface area contributed by atoms with E-state index in [0.29, 0.717) is 5.88 Å². The molecular formula is C17H18ClN3. The Labute approximate surface area is 129 Å². The highest BCUT2D eigenvalue weighted by Gasteiger charge is 2.15. The van der Waals surface area contributed by atoms with Crippen LogP contribution in [0.1, 0.15) is 22.5 Å². The molecule has 0 atom stereocenters. The smallest absolute Gasteiger partial charge is 0.164 e. The second-order valence-corrected chi connectivity index (χ2v) is 5.77. The van der Waals surface area contributed by atoms with E-state index in [2.05, 4.69) is 48.5 Å². The van der Waals surface area contributed by atoms with Crippen molar-refractivity contribution in [3.8, 4) is 5.69 Å². The first-order valence-electron chi connectivity index (χ1n) is 7.08. The molecule has 0 fully saturated rings. The summed E-state index contributed by atoms with van der Waals surface area (Å²) < 4.78 is 2.14. The van der Waals surface area contributed by atoms with E-state index in [0.717, 1.165) is 34.7 Å². The van der Waals surface area contributed by atoms with Gasteiger partial charge in [0, 0.05) is 18.5 Å². The maximum Gasteiger partial charge on any atom is 0.164 e. The van der Waals surface area contributed by atoms with Gasteiger partial charge in [-0.25, -0.2) is 9.97 Å². The van der Waals surface area contributed by atoms with Crippen LogP contribution in [0.25, 0.3) is 16.9 Å². The van der Waals surface area contributed by atoms with Gasteiger partial charge in [-0.15, -0.1) is 11.6 Å². The van der Waals surface area contributed by atoms with E-state index in [9.17, 15) is 0 Å².